The van der Waals surface area contributed by atoms with Gasteiger partial charge in [-0.25, -0.2) is 4.39 Å². The quantitative estimate of drug-likeness (QED) is 0.842. The van der Waals surface area contributed by atoms with E-state index >= 15 is 0 Å². The third-order valence-corrected chi connectivity index (χ3v) is 5.32. The van der Waals surface area contributed by atoms with E-state index in [-0.39, 0.29) is 11.7 Å². The van der Waals surface area contributed by atoms with Crippen molar-refractivity contribution in [2.45, 2.75) is 44.9 Å². The molecule has 126 valence electrons. The average molecular weight is 318 g/mol. The second-order valence-electron chi connectivity index (χ2n) is 6.86. The summed E-state index contributed by atoms with van der Waals surface area (Å²) in [6.07, 6.45) is 8.36. The predicted octanol–water partition coefficient (Wildman–Crippen LogP) is 3.83. The number of piperazine rings is 1. The highest BCUT2D eigenvalue weighted by Crippen LogP contribution is 2.27. The van der Waals surface area contributed by atoms with Crippen LogP contribution in [-0.4, -0.2) is 37.0 Å². The van der Waals surface area contributed by atoms with E-state index in [2.05, 4.69) is 0 Å². The lowest BCUT2D eigenvalue weighted by atomic mass is 9.86. The fourth-order valence-corrected chi connectivity index (χ4v) is 3.87. The molecule has 0 unspecified atom stereocenters. The molecule has 1 aromatic rings. The molecule has 23 heavy (non-hydrogen) atoms. The lowest BCUT2D eigenvalue weighted by Gasteiger charge is -2.36. The lowest BCUT2D eigenvalue weighted by molar-refractivity contribution is -0.131. The third-order valence-electron chi connectivity index (χ3n) is 5.32. The van der Waals surface area contributed by atoms with Crippen molar-refractivity contribution in [3.8, 4) is 0 Å². The minimum Gasteiger partial charge on any atom is -0.366 e. The Kier molecular flexibility index (Phi) is 5.52. The van der Waals surface area contributed by atoms with Gasteiger partial charge < -0.3 is 9.80 Å². The summed E-state index contributed by atoms with van der Waals surface area (Å²) in [6.45, 7) is 2.85. The first-order chi connectivity index (χ1) is 11.2. The van der Waals surface area contributed by atoms with Crippen LogP contribution in [0.25, 0.3) is 0 Å². The Balaban J connectivity index is 1.45. The molecule has 1 heterocycles. The summed E-state index contributed by atoms with van der Waals surface area (Å²) in [7, 11) is 0. The van der Waals surface area contributed by atoms with Gasteiger partial charge in [0.15, 0.2) is 0 Å². The van der Waals surface area contributed by atoms with Crippen molar-refractivity contribution in [3.63, 3.8) is 0 Å². The first kappa shape index (κ1) is 16.3. The number of rotatable bonds is 4. The number of anilines is 1. The Morgan fingerprint density at radius 3 is 2.43 bits per heavy atom. The summed E-state index contributed by atoms with van der Waals surface area (Å²) in [5, 5.41) is 0. The zero-order chi connectivity index (χ0) is 16.1. The molecule has 1 saturated carbocycles. The first-order valence-electron chi connectivity index (χ1n) is 9.01. The Morgan fingerprint density at radius 2 is 1.74 bits per heavy atom. The number of carbonyl (C=O) groups excluding carboxylic acids is 1. The summed E-state index contributed by atoms with van der Waals surface area (Å²) in [5.74, 6) is 0.862. The molecule has 4 heteroatoms. The van der Waals surface area contributed by atoms with E-state index in [4.69, 9.17) is 0 Å². The van der Waals surface area contributed by atoms with E-state index in [0.717, 1.165) is 25.4 Å². The molecule has 0 aromatic heterocycles. The van der Waals surface area contributed by atoms with E-state index in [1.165, 1.54) is 38.2 Å². The number of nitrogens with zero attached hydrogens (tertiary/aromatic N) is 2. The Morgan fingerprint density at radius 1 is 1.04 bits per heavy atom. The van der Waals surface area contributed by atoms with E-state index in [9.17, 15) is 9.18 Å². The van der Waals surface area contributed by atoms with Crippen LogP contribution in [0.4, 0.5) is 10.1 Å². The van der Waals surface area contributed by atoms with Crippen LogP contribution < -0.4 is 4.90 Å². The van der Waals surface area contributed by atoms with Gasteiger partial charge in [0.2, 0.25) is 5.91 Å². The van der Waals surface area contributed by atoms with Crippen LogP contribution >= 0.6 is 0 Å². The van der Waals surface area contributed by atoms with Crippen molar-refractivity contribution in [3.05, 3.63) is 30.1 Å². The van der Waals surface area contributed by atoms with Gasteiger partial charge in [0, 0.05) is 32.6 Å². The molecule has 1 aliphatic carbocycles. The zero-order valence-corrected chi connectivity index (χ0v) is 13.8. The molecular weight excluding hydrogens is 291 g/mol. The fourth-order valence-electron chi connectivity index (χ4n) is 3.87. The standard InChI is InChI=1S/C19H27FN2O/c20-17-8-4-5-9-18(17)21-12-14-22(15-13-21)19(23)11-10-16-6-2-1-3-7-16/h4-5,8-9,16H,1-3,6-7,10-15H2. The topological polar surface area (TPSA) is 23.6 Å². The van der Waals surface area contributed by atoms with Gasteiger partial charge in [-0.05, 0) is 24.5 Å². The van der Waals surface area contributed by atoms with Gasteiger partial charge in [0.1, 0.15) is 5.82 Å². The van der Waals surface area contributed by atoms with Crippen molar-refractivity contribution in [1.29, 1.82) is 0 Å². The molecule has 0 atom stereocenters. The molecule has 3 nitrogen and oxygen atoms in total. The molecule has 1 saturated heterocycles. The number of halogens is 1. The number of para-hydroxylation sites is 1. The van der Waals surface area contributed by atoms with Gasteiger partial charge in [-0.1, -0.05) is 44.2 Å². The molecule has 0 radical (unpaired) electrons. The Labute approximate surface area is 138 Å². The zero-order valence-electron chi connectivity index (χ0n) is 13.8. The van der Waals surface area contributed by atoms with Crippen LogP contribution in [0.15, 0.2) is 24.3 Å². The summed E-state index contributed by atoms with van der Waals surface area (Å²) in [6, 6.07) is 6.89. The molecule has 2 aliphatic rings. The van der Waals surface area contributed by atoms with Gasteiger partial charge in [-0.2, -0.15) is 0 Å². The van der Waals surface area contributed by atoms with Crippen LogP contribution in [-0.2, 0) is 4.79 Å². The number of hydrogen-bond acceptors (Lipinski definition) is 2. The second-order valence-corrected chi connectivity index (χ2v) is 6.86. The van der Waals surface area contributed by atoms with Gasteiger partial charge in [0.05, 0.1) is 5.69 Å². The van der Waals surface area contributed by atoms with E-state index in [1.54, 1.807) is 6.07 Å². The first-order valence-corrected chi connectivity index (χ1v) is 9.01. The number of benzene rings is 1. The lowest BCUT2D eigenvalue weighted by Crippen LogP contribution is -2.49. The highest BCUT2D eigenvalue weighted by Gasteiger charge is 2.23. The van der Waals surface area contributed by atoms with Crippen molar-refractivity contribution in [1.82, 2.24) is 4.90 Å². The summed E-state index contributed by atoms with van der Waals surface area (Å²) in [5.41, 5.74) is 0.654. The maximum absolute atomic E-state index is 13.8. The van der Waals surface area contributed by atoms with Gasteiger partial charge >= 0.3 is 0 Å². The Hall–Kier alpha value is -1.58. The molecule has 1 aromatic carbocycles. The SMILES string of the molecule is O=C(CCC1CCCCC1)N1CCN(c2ccccc2F)CC1. The van der Waals surface area contributed by atoms with Gasteiger partial charge in [-0.3, -0.25) is 4.79 Å². The van der Waals surface area contributed by atoms with Crippen LogP contribution in [0.3, 0.4) is 0 Å². The summed E-state index contributed by atoms with van der Waals surface area (Å²) >= 11 is 0. The summed E-state index contributed by atoms with van der Waals surface area (Å²) < 4.78 is 13.8. The molecule has 2 fully saturated rings. The summed E-state index contributed by atoms with van der Waals surface area (Å²) in [4.78, 5) is 16.4. The van der Waals surface area contributed by atoms with Crippen LogP contribution in [0, 0.1) is 11.7 Å². The molecule has 0 N–H and O–H groups in total. The Bertz CT molecular complexity index is 520. The van der Waals surface area contributed by atoms with Gasteiger partial charge in [-0.15, -0.1) is 0 Å². The fraction of sp³-hybridized carbons (Fsp3) is 0.632. The number of hydrogen-bond donors (Lipinski definition) is 0. The molecular formula is C19H27FN2O. The minimum absolute atomic E-state index is 0.176. The highest BCUT2D eigenvalue weighted by molar-refractivity contribution is 5.76. The van der Waals surface area contributed by atoms with E-state index in [1.807, 2.05) is 21.9 Å². The van der Waals surface area contributed by atoms with Crippen LogP contribution in [0.2, 0.25) is 0 Å². The largest absolute Gasteiger partial charge is 0.366 e. The van der Waals surface area contributed by atoms with Crippen LogP contribution in [0.5, 0.6) is 0 Å². The van der Waals surface area contributed by atoms with Crippen LogP contribution in [0.1, 0.15) is 44.9 Å². The minimum atomic E-state index is -0.176. The molecule has 0 bridgehead atoms. The van der Waals surface area contributed by atoms with Crippen molar-refractivity contribution in [2.24, 2.45) is 5.92 Å². The van der Waals surface area contributed by atoms with E-state index < -0.39 is 0 Å². The predicted molar refractivity (Wildman–Crippen MR) is 91.0 cm³/mol. The third kappa shape index (κ3) is 4.24. The van der Waals surface area contributed by atoms with Crippen molar-refractivity contribution < 1.29 is 9.18 Å². The second kappa shape index (κ2) is 7.80. The van der Waals surface area contributed by atoms with Gasteiger partial charge in [0.25, 0.3) is 0 Å². The molecule has 1 amide bonds. The number of amides is 1. The molecule has 1 aliphatic heterocycles. The normalized spacial score (nSPS) is 19.9. The maximum Gasteiger partial charge on any atom is 0.222 e. The van der Waals surface area contributed by atoms with Crippen molar-refractivity contribution >= 4 is 11.6 Å². The number of carbonyl (C=O) groups is 1. The van der Waals surface area contributed by atoms with E-state index in [0.29, 0.717) is 25.2 Å². The average Bonchev–Trinajstić information content (AvgIpc) is 2.61. The molecule has 0 spiro atoms. The van der Waals surface area contributed by atoms with Crippen molar-refractivity contribution in [2.75, 3.05) is 31.1 Å². The monoisotopic (exact) mass is 318 g/mol. The smallest absolute Gasteiger partial charge is 0.222 e. The molecule has 3 rings (SSSR count). The maximum atomic E-state index is 13.8. The highest BCUT2D eigenvalue weighted by atomic mass is 19.1.